The van der Waals surface area contributed by atoms with Gasteiger partial charge in [0.05, 0.1) is 17.0 Å². The first-order chi connectivity index (χ1) is 13.2. The number of rotatable bonds is 3. The second-order valence-corrected chi connectivity index (χ2v) is 7.93. The highest BCUT2D eigenvalue weighted by molar-refractivity contribution is 7.10. The van der Waals surface area contributed by atoms with Gasteiger partial charge < -0.3 is 0 Å². The van der Waals surface area contributed by atoms with Gasteiger partial charge in [-0.25, -0.2) is 9.50 Å². The van der Waals surface area contributed by atoms with Gasteiger partial charge in [0.1, 0.15) is 0 Å². The Morgan fingerprint density at radius 2 is 2.00 bits per heavy atom. The molecule has 4 nitrogen and oxygen atoms in total. The Kier molecular flexibility index (Phi) is 3.90. The van der Waals surface area contributed by atoms with Crippen LogP contribution in [-0.4, -0.2) is 20.4 Å². The summed E-state index contributed by atoms with van der Waals surface area (Å²) in [4.78, 5) is 19.0. The minimum Gasteiger partial charge on any atom is -0.294 e. The van der Waals surface area contributed by atoms with Gasteiger partial charge in [0.2, 0.25) is 0 Å². The van der Waals surface area contributed by atoms with E-state index >= 15 is 0 Å². The Hall–Kier alpha value is -2.79. The summed E-state index contributed by atoms with van der Waals surface area (Å²) in [5.74, 6) is 0.396. The third kappa shape index (κ3) is 2.70. The van der Waals surface area contributed by atoms with Gasteiger partial charge in [0, 0.05) is 29.0 Å². The molecule has 0 radical (unpaired) electrons. The van der Waals surface area contributed by atoms with Crippen molar-refractivity contribution in [2.75, 3.05) is 0 Å². The maximum absolute atomic E-state index is 12.8. The molecule has 5 rings (SSSR count). The van der Waals surface area contributed by atoms with E-state index in [9.17, 15) is 4.79 Å². The number of benzene rings is 1. The van der Waals surface area contributed by atoms with Crippen LogP contribution in [0.4, 0.5) is 0 Å². The molecule has 0 spiro atoms. The predicted octanol–water partition coefficient (Wildman–Crippen LogP) is 4.93. The van der Waals surface area contributed by atoms with Crippen molar-refractivity contribution in [3.63, 3.8) is 0 Å². The van der Waals surface area contributed by atoms with Crippen molar-refractivity contribution in [1.82, 2.24) is 14.6 Å². The summed E-state index contributed by atoms with van der Waals surface area (Å²) in [5.41, 5.74) is 5.67. The Balaban J connectivity index is 1.69. The van der Waals surface area contributed by atoms with Crippen LogP contribution in [0.2, 0.25) is 0 Å². The SMILES string of the molecule is CCc1nn2cc3c(nc2c1-c1ccccc1)CC(c1cccs1)CC3=O. The number of carbonyl (C=O) groups excluding carboxylic acids is 1. The second-order valence-electron chi connectivity index (χ2n) is 6.95. The first-order valence-corrected chi connectivity index (χ1v) is 10.2. The summed E-state index contributed by atoms with van der Waals surface area (Å²) in [5, 5.41) is 6.80. The van der Waals surface area contributed by atoms with E-state index < -0.39 is 0 Å². The van der Waals surface area contributed by atoms with Gasteiger partial charge >= 0.3 is 0 Å². The van der Waals surface area contributed by atoms with Crippen molar-refractivity contribution in [2.24, 2.45) is 0 Å². The highest BCUT2D eigenvalue weighted by Crippen LogP contribution is 2.36. The first-order valence-electron chi connectivity index (χ1n) is 9.27. The molecular formula is C22H19N3OS. The standard InChI is InChI=1S/C22H19N3OS/c1-2-17-21(14-7-4-3-5-8-14)22-23-18-11-15(20-9-6-10-27-20)12-19(26)16(18)13-25(22)24-17/h3-10,13,15H,2,11-12H2,1H3. The fraction of sp³-hybridized carbons (Fsp3) is 0.227. The van der Waals surface area contributed by atoms with E-state index in [1.165, 1.54) is 4.88 Å². The molecule has 0 saturated carbocycles. The van der Waals surface area contributed by atoms with Gasteiger partial charge in [-0.15, -0.1) is 11.3 Å². The van der Waals surface area contributed by atoms with Crippen molar-refractivity contribution >= 4 is 22.8 Å². The molecule has 0 bridgehead atoms. The van der Waals surface area contributed by atoms with Crippen LogP contribution in [0.5, 0.6) is 0 Å². The number of nitrogens with zero attached hydrogens (tertiary/aromatic N) is 3. The van der Waals surface area contributed by atoms with E-state index in [1.54, 1.807) is 15.9 Å². The molecular weight excluding hydrogens is 354 g/mol. The number of hydrogen-bond acceptors (Lipinski definition) is 4. The number of hydrogen-bond donors (Lipinski definition) is 0. The molecule has 1 aliphatic rings. The molecule has 0 amide bonds. The Labute approximate surface area is 161 Å². The summed E-state index contributed by atoms with van der Waals surface area (Å²) >= 11 is 1.72. The number of fused-ring (bicyclic) bond motifs is 2. The van der Waals surface area contributed by atoms with Crippen LogP contribution < -0.4 is 0 Å². The van der Waals surface area contributed by atoms with Gasteiger partial charge in [0.25, 0.3) is 0 Å². The minimum atomic E-state index is 0.166. The molecule has 3 aromatic heterocycles. The number of aryl methyl sites for hydroxylation is 1. The Morgan fingerprint density at radius 3 is 2.74 bits per heavy atom. The largest absolute Gasteiger partial charge is 0.294 e. The van der Waals surface area contributed by atoms with Crippen molar-refractivity contribution in [2.45, 2.75) is 32.1 Å². The van der Waals surface area contributed by atoms with Crippen molar-refractivity contribution in [3.05, 3.63) is 75.9 Å². The topological polar surface area (TPSA) is 47.3 Å². The van der Waals surface area contributed by atoms with Crippen LogP contribution in [0, 0.1) is 0 Å². The van der Waals surface area contributed by atoms with Crippen LogP contribution in [0.1, 0.15) is 45.9 Å². The monoisotopic (exact) mass is 373 g/mol. The summed E-state index contributed by atoms with van der Waals surface area (Å²) in [6.45, 7) is 2.10. The fourth-order valence-corrected chi connectivity index (χ4v) is 4.78. The quantitative estimate of drug-likeness (QED) is 0.511. The maximum Gasteiger partial charge on any atom is 0.166 e. The van der Waals surface area contributed by atoms with E-state index in [1.807, 2.05) is 24.4 Å². The Morgan fingerprint density at radius 1 is 1.15 bits per heavy atom. The molecule has 5 heteroatoms. The molecule has 0 saturated heterocycles. The molecule has 1 atom stereocenters. The van der Waals surface area contributed by atoms with Gasteiger partial charge in [-0.1, -0.05) is 43.3 Å². The third-order valence-corrected chi connectivity index (χ3v) is 6.31. The number of thiophene rings is 1. The van der Waals surface area contributed by atoms with Crippen molar-refractivity contribution in [3.8, 4) is 11.1 Å². The second kappa shape index (κ2) is 6.43. The molecule has 1 aliphatic carbocycles. The molecule has 1 unspecified atom stereocenters. The number of Topliss-reactive ketones (excluding diaryl/α,β-unsaturated/α-hetero) is 1. The van der Waals surface area contributed by atoms with E-state index in [0.29, 0.717) is 6.42 Å². The maximum atomic E-state index is 12.8. The van der Waals surface area contributed by atoms with Crippen molar-refractivity contribution in [1.29, 1.82) is 0 Å². The third-order valence-electron chi connectivity index (χ3n) is 5.28. The molecule has 0 N–H and O–H groups in total. The average molecular weight is 373 g/mol. The van der Waals surface area contributed by atoms with Crippen LogP contribution >= 0.6 is 11.3 Å². The number of carbonyl (C=O) groups is 1. The van der Waals surface area contributed by atoms with Gasteiger partial charge in [0.15, 0.2) is 11.4 Å². The van der Waals surface area contributed by atoms with E-state index in [2.05, 4.69) is 36.6 Å². The highest BCUT2D eigenvalue weighted by Gasteiger charge is 2.29. The number of aromatic nitrogens is 3. The highest BCUT2D eigenvalue weighted by atomic mass is 32.1. The fourth-order valence-electron chi connectivity index (χ4n) is 3.95. The normalized spacial score (nSPS) is 16.6. The lowest BCUT2D eigenvalue weighted by Gasteiger charge is -2.22. The lowest BCUT2D eigenvalue weighted by Crippen LogP contribution is -2.20. The average Bonchev–Trinajstić information content (AvgIpc) is 3.35. The zero-order valence-electron chi connectivity index (χ0n) is 15.1. The molecule has 1 aromatic carbocycles. The van der Waals surface area contributed by atoms with Crippen LogP contribution in [0.15, 0.2) is 54.0 Å². The zero-order valence-corrected chi connectivity index (χ0v) is 15.9. The molecule has 4 aromatic rings. The van der Waals surface area contributed by atoms with Crippen molar-refractivity contribution < 1.29 is 4.79 Å². The predicted molar refractivity (Wildman–Crippen MR) is 108 cm³/mol. The van der Waals surface area contributed by atoms with Gasteiger partial charge in [-0.05, 0) is 29.9 Å². The molecule has 0 aliphatic heterocycles. The summed E-state index contributed by atoms with van der Waals surface area (Å²) < 4.78 is 1.80. The van der Waals surface area contributed by atoms with Crippen LogP contribution in [0.25, 0.3) is 16.8 Å². The molecule has 0 fully saturated rings. The smallest absolute Gasteiger partial charge is 0.166 e. The molecule has 134 valence electrons. The molecule has 3 heterocycles. The first kappa shape index (κ1) is 16.4. The van der Waals surface area contributed by atoms with E-state index in [-0.39, 0.29) is 11.7 Å². The lowest BCUT2D eigenvalue weighted by atomic mass is 9.85. The van der Waals surface area contributed by atoms with E-state index in [0.717, 1.165) is 46.6 Å². The van der Waals surface area contributed by atoms with Gasteiger partial charge in [-0.3, -0.25) is 4.79 Å². The number of ketones is 1. The lowest BCUT2D eigenvalue weighted by molar-refractivity contribution is 0.0963. The van der Waals surface area contributed by atoms with Crippen LogP contribution in [0.3, 0.4) is 0 Å². The van der Waals surface area contributed by atoms with E-state index in [4.69, 9.17) is 10.1 Å². The molecule has 27 heavy (non-hydrogen) atoms. The summed E-state index contributed by atoms with van der Waals surface area (Å²) in [7, 11) is 0. The summed E-state index contributed by atoms with van der Waals surface area (Å²) in [6.07, 6.45) is 4.06. The zero-order chi connectivity index (χ0) is 18.4. The summed E-state index contributed by atoms with van der Waals surface area (Å²) in [6, 6.07) is 14.4. The minimum absolute atomic E-state index is 0.166. The Bertz CT molecular complexity index is 1130. The van der Waals surface area contributed by atoms with Crippen LogP contribution in [-0.2, 0) is 12.8 Å². The van der Waals surface area contributed by atoms with Gasteiger partial charge in [-0.2, -0.15) is 5.10 Å².